The van der Waals surface area contributed by atoms with Crippen LogP contribution >= 0.6 is 0 Å². The highest BCUT2D eigenvalue weighted by Gasteiger charge is 2.31. The van der Waals surface area contributed by atoms with E-state index >= 15 is 0 Å². The van der Waals surface area contributed by atoms with Gasteiger partial charge in [-0.05, 0) is 32.6 Å². The number of nitrogens with one attached hydrogen (secondary N) is 2. The molecule has 2 fully saturated rings. The molecule has 21 heavy (non-hydrogen) atoms. The second-order valence-electron chi connectivity index (χ2n) is 6.14. The molecule has 1 aromatic rings. The molecule has 0 aromatic carbocycles. The molecule has 0 saturated heterocycles. The van der Waals surface area contributed by atoms with E-state index in [9.17, 15) is 14.7 Å². The molecule has 0 bridgehead atoms. The number of rotatable bonds is 4. The molecule has 2 aliphatic rings. The van der Waals surface area contributed by atoms with E-state index in [1.165, 1.54) is 0 Å². The Kier molecular flexibility index (Phi) is 3.80. The van der Waals surface area contributed by atoms with E-state index in [4.69, 9.17) is 0 Å². The van der Waals surface area contributed by atoms with Crippen LogP contribution in [0.15, 0.2) is 4.79 Å². The van der Waals surface area contributed by atoms with E-state index in [1.807, 2.05) is 0 Å². The van der Waals surface area contributed by atoms with Gasteiger partial charge in [0.25, 0.3) is 11.5 Å². The second-order valence-corrected chi connectivity index (χ2v) is 6.14. The number of aliphatic hydroxyl groups excluding tert-OH is 1. The number of nitrogens with zero attached hydrogens (tertiary/aromatic N) is 1. The summed E-state index contributed by atoms with van der Waals surface area (Å²) < 4.78 is 0. The third-order valence-electron chi connectivity index (χ3n) is 4.52. The number of aliphatic hydroxyl groups is 1. The van der Waals surface area contributed by atoms with Crippen LogP contribution < -0.4 is 10.9 Å². The molecule has 1 amide bonds. The third-order valence-corrected chi connectivity index (χ3v) is 4.52. The number of hydrogen-bond donors (Lipinski definition) is 3. The molecule has 0 radical (unpaired) electrons. The molecule has 6 heteroatoms. The molecule has 0 aliphatic heterocycles. The van der Waals surface area contributed by atoms with Gasteiger partial charge in [-0.25, -0.2) is 4.98 Å². The number of aryl methyl sites for hydroxylation is 1. The lowest BCUT2D eigenvalue weighted by molar-refractivity contribution is 0.0913. The van der Waals surface area contributed by atoms with Crippen molar-refractivity contribution < 1.29 is 9.90 Å². The van der Waals surface area contributed by atoms with Gasteiger partial charge in [0.05, 0.1) is 5.69 Å². The average molecular weight is 291 g/mol. The lowest BCUT2D eigenvalue weighted by Crippen LogP contribution is -2.41. The lowest BCUT2D eigenvalue weighted by Gasteiger charge is -2.19. The number of amides is 1. The van der Waals surface area contributed by atoms with E-state index in [0.717, 1.165) is 32.1 Å². The molecular formula is C15H21N3O3. The van der Waals surface area contributed by atoms with Crippen molar-refractivity contribution in [3.63, 3.8) is 0 Å². The normalized spacial score (nSPS) is 25.0. The van der Waals surface area contributed by atoms with Crippen molar-refractivity contribution in [2.75, 3.05) is 6.61 Å². The van der Waals surface area contributed by atoms with Crippen LogP contribution in [0, 0.1) is 12.8 Å². The number of carbonyl (C=O) groups is 1. The van der Waals surface area contributed by atoms with Gasteiger partial charge in [0.2, 0.25) is 0 Å². The number of carbonyl (C=O) groups excluding carboxylic acids is 1. The molecule has 3 rings (SSSR count). The Labute approximate surface area is 123 Å². The molecule has 114 valence electrons. The Balaban J connectivity index is 1.79. The average Bonchev–Trinajstić information content (AvgIpc) is 3.19. The van der Waals surface area contributed by atoms with Crippen molar-refractivity contribution in [1.29, 1.82) is 0 Å². The lowest BCUT2D eigenvalue weighted by atomic mass is 10.0. The van der Waals surface area contributed by atoms with Gasteiger partial charge in [-0.2, -0.15) is 0 Å². The summed E-state index contributed by atoms with van der Waals surface area (Å²) >= 11 is 0. The van der Waals surface area contributed by atoms with Gasteiger partial charge >= 0.3 is 0 Å². The van der Waals surface area contributed by atoms with Gasteiger partial charge in [-0.1, -0.05) is 6.42 Å². The van der Waals surface area contributed by atoms with Crippen LogP contribution in [0.5, 0.6) is 0 Å². The van der Waals surface area contributed by atoms with Crippen LogP contribution in [0.1, 0.15) is 59.9 Å². The van der Waals surface area contributed by atoms with Crippen LogP contribution in [0.25, 0.3) is 0 Å². The molecule has 6 nitrogen and oxygen atoms in total. The van der Waals surface area contributed by atoms with Gasteiger partial charge in [0.15, 0.2) is 0 Å². The molecule has 3 N–H and O–H groups in total. The molecule has 0 spiro atoms. The summed E-state index contributed by atoms with van der Waals surface area (Å²) in [5, 5.41) is 12.2. The Hall–Kier alpha value is -1.69. The standard InChI is InChI=1S/C15H21N3O3/c1-8-12(15(21)18-13(16-8)9-5-6-9)14(20)17-11-4-2-3-10(11)7-19/h9-11,19H,2-7H2,1H3,(H,17,20)(H,16,18,21). The monoisotopic (exact) mass is 291 g/mol. The molecule has 1 aromatic heterocycles. The van der Waals surface area contributed by atoms with E-state index < -0.39 is 0 Å². The van der Waals surface area contributed by atoms with Gasteiger partial charge in [-0.15, -0.1) is 0 Å². The zero-order valence-electron chi connectivity index (χ0n) is 12.2. The number of aromatic amines is 1. The maximum absolute atomic E-state index is 12.3. The van der Waals surface area contributed by atoms with E-state index in [0.29, 0.717) is 17.4 Å². The van der Waals surface area contributed by atoms with Crippen LogP contribution in [-0.4, -0.2) is 33.6 Å². The highest BCUT2D eigenvalue weighted by Crippen LogP contribution is 2.37. The summed E-state index contributed by atoms with van der Waals surface area (Å²) in [4.78, 5) is 31.6. The Morgan fingerprint density at radius 1 is 1.38 bits per heavy atom. The van der Waals surface area contributed by atoms with Gasteiger partial charge in [0.1, 0.15) is 11.4 Å². The quantitative estimate of drug-likeness (QED) is 0.766. The Bertz CT molecular complexity index is 607. The number of aromatic nitrogens is 2. The fraction of sp³-hybridized carbons (Fsp3) is 0.667. The van der Waals surface area contributed by atoms with Crippen molar-refractivity contribution in [3.05, 3.63) is 27.4 Å². The first-order valence-corrected chi connectivity index (χ1v) is 7.62. The first-order valence-electron chi connectivity index (χ1n) is 7.62. The van der Waals surface area contributed by atoms with Crippen molar-refractivity contribution >= 4 is 5.91 Å². The first kappa shape index (κ1) is 14.3. The molecule has 2 atom stereocenters. The van der Waals surface area contributed by atoms with Crippen LogP contribution in [-0.2, 0) is 0 Å². The summed E-state index contributed by atoms with van der Waals surface area (Å²) in [6.45, 7) is 1.77. The molecule has 1 heterocycles. The van der Waals surface area contributed by atoms with Crippen molar-refractivity contribution in [2.24, 2.45) is 5.92 Å². The minimum absolute atomic E-state index is 0.0515. The third kappa shape index (κ3) is 2.85. The van der Waals surface area contributed by atoms with Crippen molar-refractivity contribution in [2.45, 2.75) is 51.0 Å². The molecule has 2 saturated carbocycles. The summed E-state index contributed by atoms with van der Waals surface area (Å²) in [5.74, 6) is 0.756. The van der Waals surface area contributed by atoms with E-state index in [-0.39, 0.29) is 35.6 Å². The van der Waals surface area contributed by atoms with Crippen molar-refractivity contribution in [1.82, 2.24) is 15.3 Å². The molecular weight excluding hydrogens is 270 g/mol. The smallest absolute Gasteiger partial charge is 0.264 e. The van der Waals surface area contributed by atoms with Crippen molar-refractivity contribution in [3.8, 4) is 0 Å². The SMILES string of the molecule is Cc1nc(C2CC2)[nH]c(=O)c1C(=O)NC1CCCC1CO. The maximum Gasteiger partial charge on any atom is 0.264 e. The number of hydrogen-bond acceptors (Lipinski definition) is 4. The van der Waals surface area contributed by atoms with Gasteiger partial charge < -0.3 is 15.4 Å². The maximum atomic E-state index is 12.3. The fourth-order valence-electron chi connectivity index (χ4n) is 3.11. The summed E-state index contributed by atoms with van der Waals surface area (Å²) in [7, 11) is 0. The van der Waals surface area contributed by atoms with Crippen LogP contribution in [0.3, 0.4) is 0 Å². The second kappa shape index (κ2) is 5.60. The topological polar surface area (TPSA) is 95.1 Å². The zero-order valence-corrected chi connectivity index (χ0v) is 12.2. The van der Waals surface area contributed by atoms with Gasteiger partial charge in [0, 0.05) is 24.5 Å². The first-order chi connectivity index (χ1) is 10.1. The van der Waals surface area contributed by atoms with Crippen LogP contribution in [0.2, 0.25) is 0 Å². The van der Waals surface area contributed by atoms with E-state index in [2.05, 4.69) is 15.3 Å². The summed E-state index contributed by atoms with van der Waals surface area (Å²) in [5.41, 5.74) is 0.222. The largest absolute Gasteiger partial charge is 0.396 e. The minimum atomic E-state index is -0.381. The molecule has 2 aliphatic carbocycles. The summed E-state index contributed by atoms with van der Waals surface area (Å²) in [6.07, 6.45) is 4.85. The summed E-state index contributed by atoms with van der Waals surface area (Å²) in [6, 6.07) is -0.0515. The molecule has 2 unspecified atom stereocenters. The van der Waals surface area contributed by atoms with Crippen LogP contribution in [0.4, 0.5) is 0 Å². The number of H-pyrrole nitrogens is 1. The Morgan fingerprint density at radius 2 is 2.14 bits per heavy atom. The van der Waals surface area contributed by atoms with Gasteiger partial charge in [-0.3, -0.25) is 9.59 Å². The highest BCUT2D eigenvalue weighted by atomic mass is 16.3. The minimum Gasteiger partial charge on any atom is -0.396 e. The van der Waals surface area contributed by atoms with E-state index in [1.54, 1.807) is 6.92 Å². The Morgan fingerprint density at radius 3 is 2.76 bits per heavy atom. The fourth-order valence-corrected chi connectivity index (χ4v) is 3.11. The highest BCUT2D eigenvalue weighted by molar-refractivity contribution is 5.95. The zero-order chi connectivity index (χ0) is 15.0. The predicted molar refractivity (Wildman–Crippen MR) is 77.3 cm³/mol. The predicted octanol–water partition coefficient (Wildman–Crippen LogP) is 0.847.